The van der Waals surface area contributed by atoms with E-state index < -0.39 is 0 Å². The standard InChI is InChI=1S/C18H20N4S/c1-11-12-6-2-3-7-13(12)14-15-16(23-18(14)21-11)17(20-10-19-15)22-8-4-5-9-22/h10H,2-9H2,1H3. The molecule has 0 radical (unpaired) electrons. The Balaban J connectivity index is 1.84. The number of rotatable bonds is 1. The highest BCUT2D eigenvalue weighted by Crippen LogP contribution is 2.41. The lowest BCUT2D eigenvalue weighted by atomic mass is 9.89. The fourth-order valence-corrected chi connectivity index (χ4v) is 5.41. The Morgan fingerprint density at radius 2 is 1.78 bits per heavy atom. The molecule has 0 unspecified atom stereocenters. The van der Waals surface area contributed by atoms with Crippen LogP contribution in [0.3, 0.4) is 0 Å². The van der Waals surface area contributed by atoms with Crippen molar-refractivity contribution >= 4 is 37.6 Å². The first-order valence-electron chi connectivity index (χ1n) is 8.63. The summed E-state index contributed by atoms with van der Waals surface area (Å²) in [5.41, 5.74) is 5.34. The van der Waals surface area contributed by atoms with Gasteiger partial charge >= 0.3 is 0 Å². The third-order valence-corrected chi connectivity index (χ3v) is 6.38. The summed E-state index contributed by atoms with van der Waals surface area (Å²) in [5, 5.41) is 1.31. The second-order valence-electron chi connectivity index (χ2n) is 6.71. The van der Waals surface area contributed by atoms with Gasteiger partial charge in [-0.1, -0.05) is 0 Å². The molecule has 1 aliphatic carbocycles. The highest BCUT2D eigenvalue weighted by Gasteiger charge is 2.24. The average molecular weight is 324 g/mol. The number of pyridine rings is 1. The smallest absolute Gasteiger partial charge is 0.150 e. The van der Waals surface area contributed by atoms with Crippen molar-refractivity contribution in [1.82, 2.24) is 15.0 Å². The largest absolute Gasteiger partial charge is 0.355 e. The SMILES string of the molecule is Cc1nc2sc3c(N4CCCC4)ncnc3c2c2c1CCCC2. The average Bonchev–Trinajstić information content (AvgIpc) is 3.22. The van der Waals surface area contributed by atoms with Crippen LogP contribution in [0.2, 0.25) is 0 Å². The molecule has 1 saturated heterocycles. The molecular weight excluding hydrogens is 304 g/mol. The molecule has 0 aromatic carbocycles. The van der Waals surface area contributed by atoms with Gasteiger partial charge in [-0.15, -0.1) is 11.3 Å². The molecule has 118 valence electrons. The summed E-state index contributed by atoms with van der Waals surface area (Å²) in [4.78, 5) is 17.8. The molecule has 0 N–H and O–H groups in total. The Morgan fingerprint density at radius 3 is 2.61 bits per heavy atom. The zero-order valence-electron chi connectivity index (χ0n) is 13.4. The van der Waals surface area contributed by atoms with Gasteiger partial charge in [0.1, 0.15) is 17.0 Å². The van der Waals surface area contributed by atoms with E-state index in [4.69, 9.17) is 4.98 Å². The van der Waals surface area contributed by atoms with E-state index in [0.29, 0.717) is 0 Å². The summed E-state index contributed by atoms with van der Waals surface area (Å²) >= 11 is 1.78. The summed E-state index contributed by atoms with van der Waals surface area (Å²) in [6.07, 6.45) is 9.20. The summed E-state index contributed by atoms with van der Waals surface area (Å²) in [6.45, 7) is 4.40. The van der Waals surface area contributed by atoms with Crippen molar-refractivity contribution in [3.05, 3.63) is 23.1 Å². The second kappa shape index (κ2) is 5.13. The van der Waals surface area contributed by atoms with Crippen molar-refractivity contribution < 1.29 is 0 Å². The van der Waals surface area contributed by atoms with Crippen LogP contribution in [-0.4, -0.2) is 28.0 Å². The lowest BCUT2D eigenvalue weighted by molar-refractivity contribution is 0.683. The van der Waals surface area contributed by atoms with E-state index in [1.165, 1.54) is 65.4 Å². The van der Waals surface area contributed by atoms with Crippen LogP contribution < -0.4 is 4.90 Å². The van der Waals surface area contributed by atoms with Gasteiger partial charge < -0.3 is 4.90 Å². The van der Waals surface area contributed by atoms with E-state index in [-0.39, 0.29) is 0 Å². The van der Waals surface area contributed by atoms with Crippen LogP contribution in [0.1, 0.15) is 42.5 Å². The molecule has 2 aliphatic rings. The van der Waals surface area contributed by atoms with Gasteiger partial charge in [-0.05, 0) is 56.6 Å². The third-order valence-electron chi connectivity index (χ3n) is 5.32. The number of aryl methyl sites for hydroxylation is 2. The van der Waals surface area contributed by atoms with E-state index in [0.717, 1.165) is 29.3 Å². The molecule has 4 nitrogen and oxygen atoms in total. The van der Waals surface area contributed by atoms with Gasteiger partial charge in [-0.2, -0.15) is 0 Å². The number of hydrogen-bond donors (Lipinski definition) is 0. The third kappa shape index (κ3) is 1.99. The van der Waals surface area contributed by atoms with Crippen molar-refractivity contribution in [1.29, 1.82) is 0 Å². The van der Waals surface area contributed by atoms with Crippen molar-refractivity contribution in [3.8, 4) is 0 Å². The van der Waals surface area contributed by atoms with Gasteiger partial charge in [0.05, 0.1) is 10.2 Å². The van der Waals surface area contributed by atoms with E-state index in [1.54, 1.807) is 17.7 Å². The summed E-state index contributed by atoms with van der Waals surface area (Å²) in [6, 6.07) is 0. The lowest BCUT2D eigenvalue weighted by Gasteiger charge is -2.18. The fraction of sp³-hybridized carbons (Fsp3) is 0.500. The van der Waals surface area contributed by atoms with Crippen LogP contribution in [-0.2, 0) is 12.8 Å². The first-order chi connectivity index (χ1) is 11.3. The van der Waals surface area contributed by atoms with E-state index >= 15 is 0 Å². The summed E-state index contributed by atoms with van der Waals surface area (Å²) in [7, 11) is 0. The molecule has 1 aliphatic heterocycles. The highest BCUT2D eigenvalue weighted by atomic mass is 32.1. The van der Waals surface area contributed by atoms with Gasteiger partial charge in [0, 0.05) is 24.2 Å². The van der Waals surface area contributed by atoms with Gasteiger partial charge in [-0.25, -0.2) is 15.0 Å². The van der Waals surface area contributed by atoms with Gasteiger partial charge in [-0.3, -0.25) is 0 Å². The molecular formula is C18H20N4S. The van der Waals surface area contributed by atoms with Crippen molar-refractivity contribution in [2.45, 2.75) is 45.4 Å². The topological polar surface area (TPSA) is 41.9 Å². The predicted octanol–water partition coefficient (Wildman–Crippen LogP) is 4.03. The number of fused-ring (bicyclic) bond motifs is 5. The molecule has 3 aromatic heterocycles. The molecule has 1 fully saturated rings. The fourth-order valence-electron chi connectivity index (χ4n) is 4.19. The monoisotopic (exact) mass is 324 g/mol. The highest BCUT2D eigenvalue weighted by molar-refractivity contribution is 7.26. The molecule has 5 rings (SSSR count). The Labute approximate surface area is 139 Å². The number of nitrogens with zero attached hydrogens (tertiary/aromatic N) is 4. The molecule has 0 amide bonds. The lowest BCUT2D eigenvalue weighted by Crippen LogP contribution is -2.19. The molecule has 23 heavy (non-hydrogen) atoms. The van der Waals surface area contributed by atoms with E-state index in [1.807, 2.05) is 0 Å². The molecule has 0 bridgehead atoms. The molecule has 0 saturated carbocycles. The number of thiophene rings is 1. The maximum Gasteiger partial charge on any atom is 0.150 e. The van der Waals surface area contributed by atoms with Gasteiger partial charge in [0.15, 0.2) is 0 Å². The van der Waals surface area contributed by atoms with Crippen LogP contribution in [0.4, 0.5) is 5.82 Å². The van der Waals surface area contributed by atoms with Crippen molar-refractivity contribution in [2.24, 2.45) is 0 Å². The Hall–Kier alpha value is -1.75. The minimum atomic E-state index is 1.12. The number of anilines is 1. The summed E-state index contributed by atoms with van der Waals surface area (Å²) < 4.78 is 1.23. The molecule has 0 atom stereocenters. The first kappa shape index (κ1) is 13.7. The van der Waals surface area contributed by atoms with Crippen LogP contribution >= 0.6 is 11.3 Å². The minimum absolute atomic E-state index is 1.12. The van der Waals surface area contributed by atoms with E-state index in [9.17, 15) is 0 Å². The van der Waals surface area contributed by atoms with Crippen LogP contribution in [0.5, 0.6) is 0 Å². The molecule has 4 heterocycles. The maximum absolute atomic E-state index is 4.93. The van der Waals surface area contributed by atoms with Crippen LogP contribution in [0.25, 0.3) is 20.4 Å². The molecule has 5 heteroatoms. The summed E-state index contributed by atoms with van der Waals surface area (Å²) in [5.74, 6) is 1.12. The maximum atomic E-state index is 4.93. The van der Waals surface area contributed by atoms with Gasteiger partial charge in [0.25, 0.3) is 0 Å². The van der Waals surface area contributed by atoms with Gasteiger partial charge in [0.2, 0.25) is 0 Å². The van der Waals surface area contributed by atoms with Crippen molar-refractivity contribution in [2.75, 3.05) is 18.0 Å². The Kier molecular flexibility index (Phi) is 3.05. The Bertz CT molecular complexity index is 908. The quantitative estimate of drug-likeness (QED) is 0.678. The normalized spacial score (nSPS) is 18.0. The van der Waals surface area contributed by atoms with Crippen molar-refractivity contribution in [3.63, 3.8) is 0 Å². The molecule has 3 aromatic rings. The number of aromatic nitrogens is 3. The zero-order valence-corrected chi connectivity index (χ0v) is 14.2. The predicted molar refractivity (Wildman–Crippen MR) is 95.5 cm³/mol. The Morgan fingerprint density at radius 1 is 1.00 bits per heavy atom. The van der Waals surface area contributed by atoms with Crippen LogP contribution in [0.15, 0.2) is 6.33 Å². The van der Waals surface area contributed by atoms with Crippen LogP contribution in [0, 0.1) is 6.92 Å². The molecule has 0 spiro atoms. The zero-order chi connectivity index (χ0) is 15.4. The van der Waals surface area contributed by atoms with E-state index in [2.05, 4.69) is 21.8 Å². The first-order valence-corrected chi connectivity index (χ1v) is 9.45. The second-order valence-corrected chi connectivity index (χ2v) is 7.71. The number of hydrogen-bond acceptors (Lipinski definition) is 5. The minimum Gasteiger partial charge on any atom is -0.355 e.